The fourth-order valence-electron chi connectivity index (χ4n) is 3.22. The van der Waals surface area contributed by atoms with Crippen LogP contribution in [0.15, 0.2) is 48.5 Å². The maximum atomic E-state index is 12.3. The van der Waals surface area contributed by atoms with E-state index in [-0.39, 0.29) is 18.6 Å². The first-order chi connectivity index (χ1) is 12.5. The topological polar surface area (TPSA) is 41.6 Å². The Morgan fingerprint density at radius 2 is 1.65 bits per heavy atom. The Balaban J connectivity index is 1.94. The van der Waals surface area contributed by atoms with Crippen molar-refractivity contribution in [2.45, 2.75) is 33.7 Å². The molecular weight excluding hydrogens is 324 g/mol. The summed E-state index contributed by atoms with van der Waals surface area (Å²) in [4.78, 5) is 14.6. The lowest BCUT2D eigenvalue weighted by molar-refractivity contribution is -0.123. The van der Waals surface area contributed by atoms with Crippen LogP contribution >= 0.6 is 0 Å². The van der Waals surface area contributed by atoms with Crippen LogP contribution in [0.4, 0.5) is 0 Å². The number of ether oxygens (including phenoxy) is 1. The molecule has 140 valence electrons. The fraction of sp³-hybridized carbons (Fsp3) is 0.409. The van der Waals surface area contributed by atoms with Crippen molar-refractivity contribution in [2.24, 2.45) is 0 Å². The van der Waals surface area contributed by atoms with Gasteiger partial charge in [-0.2, -0.15) is 0 Å². The third kappa shape index (κ3) is 5.88. The minimum Gasteiger partial charge on any atom is -0.484 e. The van der Waals surface area contributed by atoms with Crippen LogP contribution in [0.2, 0.25) is 0 Å². The van der Waals surface area contributed by atoms with Crippen molar-refractivity contribution in [1.82, 2.24) is 10.2 Å². The summed E-state index contributed by atoms with van der Waals surface area (Å²) < 4.78 is 5.65. The Bertz CT molecular complexity index is 676. The molecule has 0 saturated heterocycles. The monoisotopic (exact) mass is 354 g/mol. The number of hydrogen-bond acceptors (Lipinski definition) is 3. The summed E-state index contributed by atoms with van der Waals surface area (Å²) in [6.45, 7) is 10.8. The molecule has 0 radical (unpaired) electrons. The molecule has 1 unspecified atom stereocenters. The van der Waals surface area contributed by atoms with E-state index in [9.17, 15) is 4.79 Å². The van der Waals surface area contributed by atoms with Gasteiger partial charge in [-0.1, -0.05) is 50.2 Å². The second-order valence-corrected chi connectivity index (χ2v) is 6.56. The molecule has 0 saturated carbocycles. The van der Waals surface area contributed by atoms with Crippen LogP contribution in [-0.2, 0) is 4.79 Å². The molecule has 1 N–H and O–H groups in total. The van der Waals surface area contributed by atoms with Crippen molar-refractivity contribution in [1.29, 1.82) is 0 Å². The Labute approximate surface area is 157 Å². The average Bonchev–Trinajstić information content (AvgIpc) is 2.63. The third-order valence-corrected chi connectivity index (χ3v) is 4.50. The smallest absolute Gasteiger partial charge is 0.258 e. The highest BCUT2D eigenvalue weighted by molar-refractivity contribution is 5.77. The predicted octanol–water partition coefficient (Wildman–Crippen LogP) is 3.88. The van der Waals surface area contributed by atoms with E-state index < -0.39 is 0 Å². The van der Waals surface area contributed by atoms with Gasteiger partial charge in [0.25, 0.3) is 5.91 Å². The molecule has 2 aromatic rings. The number of likely N-dealkylation sites (N-methyl/N-ethyl adjacent to an activating group) is 1. The minimum atomic E-state index is -0.0998. The van der Waals surface area contributed by atoms with Gasteiger partial charge in [-0.05, 0) is 55.8 Å². The molecular formula is C22H30N2O2. The number of nitrogens with zero attached hydrogens (tertiary/aromatic N) is 1. The molecule has 0 aromatic heterocycles. The maximum absolute atomic E-state index is 12.3. The number of rotatable bonds is 9. The first-order valence-electron chi connectivity index (χ1n) is 9.30. The second-order valence-electron chi connectivity index (χ2n) is 6.56. The number of nitrogens with one attached hydrogen (secondary N) is 1. The molecule has 0 aliphatic heterocycles. The van der Waals surface area contributed by atoms with Crippen molar-refractivity contribution >= 4 is 5.91 Å². The number of benzene rings is 2. The van der Waals surface area contributed by atoms with Crippen LogP contribution in [0.1, 0.15) is 36.6 Å². The lowest BCUT2D eigenvalue weighted by Gasteiger charge is -2.30. The van der Waals surface area contributed by atoms with E-state index in [1.54, 1.807) is 0 Å². The van der Waals surface area contributed by atoms with Gasteiger partial charge in [0, 0.05) is 6.54 Å². The average molecular weight is 354 g/mol. The van der Waals surface area contributed by atoms with E-state index in [1.807, 2.05) is 44.2 Å². The van der Waals surface area contributed by atoms with Gasteiger partial charge in [0.05, 0.1) is 6.04 Å². The standard InChI is InChI=1S/C22H30N2O2/c1-5-24(6-2)21(19-10-8-7-9-11-19)15-23-22(25)16-26-20-13-17(3)12-18(4)14-20/h7-14,21H,5-6,15-16H2,1-4H3,(H,23,25). The normalized spacial score (nSPS) is 12.0. The first-order valence-corrected chi connectivity index (χ1v) is 9.30. The van der Waals surface area contributed by atoms with Gasteiger partial charge < -0.3 is 10.1 Å². The van der Waals surface area contributed by atoms with Crippen molar-refractivity contribution in [3.05, 3.63) is 65.2 Å². The zero-order valence-electron chi connectivity index (χ0n) is 16.3. The molecule has 0 bridgehead atoms. The van der Waals surface area contributed by atoms with Gasteiger partial charge in [-0.3, -0.25) is 9.69 Å². The summed E-state index contributed by atoms with van der Waals surface area (Å²) in [5, 5.41) is 3.02. The molecule has 2 rings (SSSR count). The van der Waals surface area contributed by atoms with Crippen LogP contribution in [0.5, 0.6) is 5.75 Å². The summed E-state index contributed by atoms with van der Waals surface area (Å²) in [6.07, 6.45) is 0. The van der Waals surface area contributed by atoms with Gasteiger partial charge >= 0.3 is 0 Å². The largest absolute Gasteiger partial charge is 0.484 e. The molecule has 2 aromatic carbocycles. The van der Waals surface area contributed by atoms with Crippen LogP contribution in [-0.4, -0.2) is 37.0 Å². The number of hydrogen-bond donors (Lipinski definition) is 1. The maximum Gasteiger partial charge on any atom is 0.258 e. The predicted molar refractivity (Wildman–Crippen MR) is 107 cm³/mol. The molecule has 1 amide bonds. The molecule has 0 aliphatic carbocycles. The zero-order chi connectivity index (χ0) is 18.9. The summed E-state index contributed by atoms with van der Waals surface area (Å²) >= 11 is 0. The Morgan fingerprint density at radius 3 is 2.23 bits per heavy atom. The highest BCUT2D eigenvalue weighted by Crippen LogP contribution is 2.19. The second kappa shape index (κ2) is 9.97. The van der Waals surface area contributed by atoms with Crippen LogP contribution in [0, 0.1) is 13.8 Å². The number of amides is 1. The molecule has 0 aliphatic rings. The van der Waals surface area contributed by atoms with Crippen molar-refractivity contribution < 1.29 is 9.53 Å². The van der Waals surface area contributed by atoms with E-state index in [1.165, 1.54) is 5.56 Å². The highest BCUT2D eigenvalue weighted by Gasteiger charge is 2.18. The van der Waals surface area contributed by atoms with Crippen molar-refractivity contribution in [3.8, 4) is 5.75 Å². The summed E-state index contributed by atoms with van der Waals surface area (Å²) in [5.74, 6) is 0.637. The number of carbonyl (C=O) groups excluding carboxylic acids is 1. The SMILES string of the molecule is CCN(CC)C(CNC(=O)COc1cc(C)cc(C)c1)c1ccccc1. The van der Waals surface area contributed by atoms with E-state index in [2.05, 4.69) is 42.3 Å². The summed E-state index contributed by atoms with van der Waals surface area (Å²) in [7, 11) is 0. The lowest BCUT2D eigenvalue weighted by Crippen LogP contribution is -2.39. The van der Waals surface area contributed by atoms with Crippen molar-refractivity contribution in [3.63, 3.8) is 0 Å². The summed E-state index contributed by atoms with van der Waals surface area (Å²) in [6, 6.07) is 16.5. The molecule has 4 nitrogen and oxygen atoms in total. The number of carbonyl (C=O) groups is 1. The molecule has 0 fully saturated rings. The van der Waals surface area contributed by atoms with E-state index in [0.717, 1.165) is 30.0 Å². The van der Waals surface area contributed by atoms with Crippen molar-refractivity contribution in [2.75, 3.05) is 26.2 Å². The molecule has 4 heteroatoms. The first kappa shape index (κ1) is 20.0. The lowest BCUT2D eigenvalue weighted by atomic mass is 10.1. The molecule has 0 heterocycles. The highest BCUT2D eigenvalue weighted by atomic mass is 16.5. The zero-order valence-corrected chi connectivity index (χ0v) is 16.3. The van der Waals surface area contributed by atoms with Gasteiger partial charge in [-0.25, -0.2) is 0 Å². The minimum absolute atomic E-state index is 0.0304. The molecule has 26 heavy (non-hydrogen) atoms. The molecule has 1 atom stereocenters. The number of aryl methyl sites for hydroxylation is 2. The van der Waals surface area contributed by atoms with Crippen LogP contribution < -0.4 is 10.1 Å². The van der Waals surface area contributed by atoms with Gasteiger partial charge in [-0.15, -0.1) is 0 Å². The Morgan fingerprint density at radius 1 is 1.04 bits per heavy atom. The quantitative estimate of drug-likeness (QED) is 0.743. The van der Waals surface area contributed by atoms with Gasteiger partial charge in [0.1, 0.15) is 5.75 Å². The third-order valence-electron chi connectivity index (χ3n) is 4.50. The Kier molecular flexibility index (Phi) is 7.67. The van der Waals surface area contributed by atoms with Gasteiger partial charge in [0.2, 0.25) is 0 Å². The van der Waals surface area contributed by atoms with Gasteiger partial charge in [0.15, 0.2) is 6.61 Å². The Hall–Kier alpha value is -2.33. The fourth-order valence-corrected chi connectivity index (χ4v) is 3.22. The van der Waals surface area contributed by atoms with E-state index in [4.69, 9.17) is 4.74 Å². The van der Waals surface area contributed by atoms with E-state index in [0.29, 0.717) is 6.54 Å². The molecule has 0 spiro atoms. The van der Waals surface area contributed by atoms with Crippen LogP contribution in [0.3, 0.4) is 0 Å². The van der Waals surface area contributed by atoms with E-state index >= 15 is 0 Å². The van der Waals surface area contributed by atoms with Crippen LogP contribution in [0.25, 0.3) is 0 Å². The summed E-state index contributed by atoms with van der Waals surface area (Å²) in [5.41, 5.74) is 3.48.